The summed E-state index contributed by atoms with van der Waals surface area (Å²) in [5.74, 6) is 0.749. The van der Waals surface area contributed by atoms with Crippen LogP contribution in [0.25, 0.3) is 0 Å². The van der Waals surface area contributed by atoms with Crippen molar-refractivity contribution in [2.45, 2.75) is 25.8 Å². The van der Waals surface area contributed by atoms with Crippen LogP contribution in [0.1, 0.15) is 30.7 Å². The second-order valence-electron chi connectivity index (χ2n) is 4.70. The van der Waals surface area contributed by atoms with Crippen LogP contribution in [-0.2, 0) is 0 Å². The van der Waals surface area contributed by atoms with Crippen LogP contribution in [0.15, 0.2) is 15.9 Å². The first-order valence-corrected chi connectivity index (χ1v) is 8.06. The minimum Gasteiger partial charge on any atom is -0.319 e. The second-order valence-corrected chi connectivity index (χ2v) is 6.56. The van der Waals surface area contributed by atoms with Gasteiger partial charge in [0.1, 0.15) is 0 Å². The van der Waals surface area contributed by atoms with Crippen LogP contribution in [0, 0.1) is 5.92 Å². The number of halogens is 1. The third-order valence-electron chi connectivity index (χ3n) is 3.61. The van der Waals surface area contributed by atoms with E-state index in [1.165, 1.54) is 28.7 Å². The molecule has 1 saturated heterocycles. The lowest BCUT2D eigenvalue weighted by molar-refractivity contribution is 0.101. The Kier molecular flexibility index (Phi) is 5.03. The summed E-state index contributed by atoms with van der Waals surface area (Å²) in [5.41, 5.74) is 0. The van der Waals surface area contributed by atoms with Gasteiger partial charge in [0.25, 0.3) is 0 Å². The quantitative estimate of drug-likeness (QED) is 0.914. The smallest absolute Gasteiger partial charge is 0.0482 e. The van der Waals surface area contributed by atoms with Gasteiger partial charge in [-0.25, -0.2) is 0 Å². The Hall–Kier alpha value is 0.1000. The normalized spacial score (nSPS) is 26.3. The maximum absolute atomic E-state index is 3.58. The number of hydrogen-bond acceptors (Lipinski definition) is 3. The second kappa shape index (κ2) is 6.32. The summed E-state index contributed by atoms with van der Waals surface area (Å²) in [6, 6.07) is 2.91. The minimum atomic E-state index is 0.609. The zero-order chi connectivity index (χ0) is 12.3. The standard InChI is InChI=1S/C13H21BrN2S/c1-3-16-6-4-5-10(8-15-2)13(16)12-7-11(14)9-17-12/h7,9-10,13,15H,3-6,8H2,1-2H3. The lowest BCUT2D eigenvalue weighted by atomic mass is 9.88. The summed E-state index contributed by atoms with van der Waals surface area (Å²) in [4.78, 5) is 4.14. The zero-order valence-electron chi connectivity index (χ0n) is 10.6. The highest BCUT2D eigenvalue weighted by molar-refractivity contribution is 9.10. The van der Waals surface area contributed by atoms with Gasteiger partial charge in [-0.3, -0.25) is 4.90 Å². The maximum Gasteiger partial charge on any atom is 0.0482 e. The average molecular weight is 317 g/mol. The Morgan fingerprint density at radius 2 is 2.41 bits per heavy atom. The predicted molar refractivity (Wildman–Crippen MR) is 78.7 cm³/mol. The van der Waals surface area contributed by atoms with E-state index in [-0.39, 0.29) is 0 Å². The molecule has 0 spiro atoms. The van der Waals surface area contributed by atoms with Gasteiger partial charge in [-0.2, -0.15) is 0 Å². The first-order chi connectivity index (χ1) is 8.26. The highest BCUT2D eigenvalue weighted by Gasteiger charge is 2.32. The van der Waals surface area contributed by atoms with Gasteiger partial charge in [0.15, 0.2) is 0 Å². The van der Waals surface area contributed by atoms with Crippen LogP contribution in [0.2, 0.25) is 0 Å². The summed E-state index contributed by atoms with van der Waals surface area (Å²) < 4.78 is 1.22. The molecular formula is C13H21BrN2S. The molecule has 1 aliphatic rings. The first kappa shape index (κ1) is 13.5. The Morgan fingerprint density at radius 3 is 3.00 bits per heavy atom. The van der Waals surface area contributed by atoms with E-state index in [9.17, 15) is 0 Å². The Bertz CT molecular complexity index is 351. The molecule has 0 amide bonds. The fourth-order valence-corrected chi connectivity index (χ4v) is 4.55. The SMILES string of the molecule is CCN1CCCC(CNC)C1c1cc(Br)cs1. The Labute approximate surface area is 117 Å². The van der Waals surface area contributed by atoms with Crippen molar-refractivity contribution in [1.82, 2.24) is 10.2 Å². The summed E-state index contributed by atoms with van der Waals surface area (Å²) in [7, 11) is 2.06. The molecule has 17 heavy (non-hydrogen) atoms. The van der Waals surface area contributed by atoms with Gasteiger partial charge >= 0.3 is 0 Å². The molecule has 2 unspecified atom stereocenters. The molecule has 1 aliphatic heterocycles. The third kappa shape index (κ3) is 3.11. The number of nitrogens with one attached hydrogen (secondary N) is 1. The molecule has 0 bridgehead atoms. The predicted octanol–water partition coefficient (Wildman–Crippen LogP) is 3.50. The summed E-state index contributed by atoms with van der Waals surface area (Å²) in [5, 5.41) is 5.56. The van der Waals surface area contributed by atoms with E-state index in [0.29, 0.717) is 6.04 Å². The molecule has 1 N–H and O–H groups in total. The first-order valence-electron chi connectivity index (χ1n) is 6.38. The van der Waals surface area contributed by atoms with Gasteiger partial charge in [-0.1, -0.05) is 6.92 Å². The molecule has 0 aromatic carbocycles. The molecule has 1 aromatic heterocycles. The van der Waals surface area contributed by atoms with Crippen molar-refractivity contribution in [2.75, 3.05) is 26.7 Å². The molecule has 2 atom stereocenters. The van der Waals surface area contributed by atoms with Crippen molar-refractivity contribution < 1.29 is 0 Å². The summed E-state index contributed by atoms with van der Waals surface area (Å²) in [6.45, 7) is 5.80. The van der Waals surface area contributed by atoms with Gasteiger partial charge in [0, 0.05) is 20.8 Å². The van der Waals surface area contributed by atoms with E-state index >= 15 is 0 Å². The van der Waals surface area contributed by atoms with E-state index in [1.54, 1.807) is 0 Å². The van der Waals surface area contributed by atoms with E-state index in [4.69, 9.17) is 0 Å². The van der Waals surface area contributed by atoms with Crippen molar-refractivity contribution in [3.05, 3.63) is 20.8 Å². The molecule has 2 nitrogen and oxygen atoms in total. The number of rotatable bonds is 4. The number of piperidine rings is 1. The van der Waals surface area contributed by atoms with Crippen LogP contribution < -0.4 is 5.32 Å². The molecule has 0 saturated carbocycles. The number of thiophene rings is 1. The molecule has 2 heterocycles. The van der Waals surface area contributed by atoms with Crippen LogP contribution >= 0.6 is 27.3 Å². The van der Waals surface area contributed by atoms with E-state index in [1.807, 2.05) is 11.3 Å². The lowest BCUT2D eigenvalue weighted by Gasteiger charge is -2.40. The van der Waals surface area contributed by atoms with Crippen molar-refractivity contribution in [2.24, 2.45) is 5.92 Å². The number of nitrogens with zero attached hydrogens (tertiary/aromatic N) is 1. The van der Waals surface area contributed by atoms with Crippen molar-refractivity contribution in [3.8, 4) is 0 Å². The molecule has 0 radical (unpaired) electrons. The van der Waals surface area contributed by atoms with E-state index in [2.05, 4.69) is 51.6 Å². The van der Waals surface area contributed by atoms with Crippen LogP contribution in [0.5, 0.6) is 0 Å². The molecule has 96 valence electrons. The van der Waals surface area contributed by atoms with Gasteiger partial charge < -0.3 is 5.32 Å². The minimum absolute atomic E-state index is 0.609. The molecule has 1 fully saturated rings. The van der Waals surface area contributed by atoms with Gasteiger partial charge in [0.05, 0.1) is 0 Å². The van der Waals surface area contributed by atoms with E-state index < -0.39 is 0 Å². The third-order valence-corrected chi connectivity index (χ3v) is 5.38. The molecule has 4 heteroatoms. The van der Waals surface area contributed by atoms with Gasteiger partial charge in [-0.05, 0) is 67.4 Å². The van der Waals surface area contributed by atoms with Crippen LogP contribution in [0.4, 0.5) is 0 Å². The topological polar surface area (TPSA) is 15.3 Å². The average Bonchev–Trinajstić information content (AvgIpc) is 2.75. The highest BCUT2D eigenvalue weighted by atomic mass is 79.9. The zero-order valence-corrected chi connectivity index (χ0v) is 13.0. The highest BCUT2D eigenvalue weighted by Crippen LogP contribution is 2.39. The van der Waals surface area contributed by atoms with Gasteiger partial charge in [-0.15, -0.1) is 11.3 Å². The maximum atomic E-state index is 3.58. The van der Waals surface area contributed by atoms with Crippen molar-refractivity contribution in [3.63, 3.8) is 0 Å². The Morgan fingerprint density at radius 1 is 1.59 bits per heavy atom. The molecule has 1 aromatic rings. The Balaban J connectivity index is 2.21. The van der Waals surface area contributed by atoms with Crippen LogP contribution in [0.3, 0.4) is 0 Å². The largest absolute Gasteiger partial charge is 0.319 e. The van der Waals surface area contributed by atoms with Crippen molar-refractivity contribution >= 4 is 27.3 Å². The fraction of sp³-hybridized carbons (Fsp3) is 0.692. The molecule has 2 rings (SSSR count). The number of hydrogen-bond donors (Lipinski definition) is 1. The number of likely N-dealkylation sites (tertiary alicyclic amines) is 1. The fourth-order valence-electron chi connectivity index (χ4n) is 2.88. The lowest BCUT2D eigenvalue weighted by Crippen LogP contribution is -2.41. The molecular weight excluding hydrogens is 296 g/mol. The summed E-state index contributed by atoms with van der Waals surface area (Å²) in [6.07, 6.45) is 2.68. The van der Waals surface area contributed by atoms with Crippen LogP contribution in [-0.4, -0.2) is 31.6 Å². The van der Waals surface area contributed by atoms with Gasteiger partial charge in [0.2, 0.25) is 0 Å². The van der Waals surface area contributed by atoms with Crippen molar-refractivity contribution in [1.29, 1.82) is 0 Å². The monoisotopic (exact) mass is 316 g/mol. The molecule has 0 aliphatic carbocycles. The summed E-state index contributed by atoms with van der Waals surface area (Å²) >= 11 is 5.46. The van der Waals surface area contributed by atoms with E-state index in [0.717, 1.165) is 19.0 Å².